The number of para-hydroxylation sites is 1. The van der Waals surface area contributed by atoms with E-state index in [9.17, 15) is 6.85 Å². The number of benzene rings is 9. The molecule has 0 bridgehead atoms. The Labute approximate surface area is 353 Å². The smallest absolute Gasteiger partial charge is 0.0714 e. The molecule has 0 radical (unpaired) electrons. The monoisotopic (exact) mass is 748 g/mol. The molecule has 0 saturated heterocycles. The summed E-state index contributed by atoms with van der Waals surface area (Å²) in [7, 11) is 0. The van der Waals surface area contributed by atoms with Gasteiger partial charge in [-0.2, -0.15) is 0 Å². The molecule has 1 unspecified atom stereocenters. The number of hydrogen-bond acceptors (Lipinski definition) is 1. The van der Waals surface area contributed by atoms with Gasteiger partial charge < -0.3 is 4.90 Å². The molecule has 0 amide bonds. The summed E-state index contributed by atoms with van der Waals surface area (Å²) in [5, 5.41) is 0. The largest absolute Gasteiger partial charge is 0.310 e. The highest BCUT2D eigenvalue weighted by Gasteiger charge is 2.46. The molecule has 58 heavy (non-hydrogen) atoms. The molecule has 1 heteroatoms. The summed E-state index contributed by atoms with van der Waals surface area (Å²) < 4.78 is 81.9. The van der Waals surface area contributed by atoms with Gasteiger partial charge in [0.15, 0.2) is 0 Å². The van der Waals surface area contributed by atoms with Crippen molar-refractivity contribution in [1.82, 2.24) is 0 Å². The zero-order valence-corrected chi connectivity index (χ0v) is 31.7. The van der Waals surface area contributed by atoms with Gasteiger partial charge in [0, 0.05) is 22.4 Å². The molecule has 9 aromatic carbocycles. The van der Waals surface area contributed by atoms with Gasteiger partial charge in [0.25, 0.3) is 0 Å². The van der Waals surface area contributed by atoms with Crippen LogP contribution in [0.4, 0.5) is 17.1 Å². The summed E-state index contributed by atoms with van der Waals surface area (Å²) >= 11 is 0. The van der Waals surface area contributed by atoms with Crippen LogP contribution < -0.4 is 4.90 Å². The van der Waals surface area contributed by atoms with E-state index in [4.69, 9.17) is 5.48 Å². The van der Waals surface area contributed by atoms with Crippen LogP contribution in [0.1, 0.15) is 58.2 Å². The molecular weight excluding hydrogens is 699 g/mol. The van der Waals surface area contributed by atoms with Gasteiger partial charge >= 0.3 is 0 Å². The molecule has 0 fully saturated rings. The first kappa shape index (κ1) is 25.8. The van der Waals surface area contributed by atoms with Crippen molar-refractivity contribution in [2.75, 3.05) is 4.90 Å². The average molecular weight is 749 g/mol. The molecule has 2 aliphatic rings. The third-order valence-corrected chi connectivity index (χ3v) is 12.2. The van der Waals surface area contributed by atoms with E-state index in [0.717, 1.165) is 61.2 Å². The molecule has 0 N–H and O–H groups in total. The highest BCUT2D eigenvalue weighted by Crippen LogP contribution is 2.58. The van der Waals surface area contributed by atoms with Crippen LogP contribution >= 0.6 is 0 Å². The third kappa shape index (κ3) is 4.96. The fourth-order valence-electron chi connectivity index (χ4n) is 9.71. The van der Waals surface area contributed by atoms with Gasteiger partial charge in [-0.3, -0.25) is 0 Å². The normalized spacial score (nSPS) is 17.7. The van der Waals surface area contributed by atoms with Gasteiger partial charge in [0.05, 0.1) is 23.4 Å². The van der Waals surface area contributed by atoms with E-state index in [1.54, 1.807) is 4.90 Å². The average Bonchev–Trinajstić information content (AvgIpc) is 3.82. The van der Waals surface area contributed by atoms with E-state index in [-0.39, 0.29) is 16.8 Å². The van der Waals surface area contributed by atoms with Crippen LogP contribution in [0.5, 0.6) is 0 Å². The Morgan fingerprint density at radius 2 is 0.845 bits per heavy atom. The molecule has 1 nitrogen and oxygen atoms in total. The Hall–Kier alpha value is -7.22. The summed E-state index contributed by atoms with van der Waals surface area (Å²) in [5.74, 6) is 0. The Bertz CT molecular complexity index is 3420. The first-order valence-electron chi connectivity index (χ1n) is 24.0. The minimum atomic E-state index is -0.826. The Morgan fingerprint density at radius 1 is 0.379 bits per heavy atom. The van der Waals surface area contributed by atoms with Crippen LogP contribution in [0.3, 0.4) is 0 Å². The van der Waals surface area contributed by atoms with E-state index in [1.165, 1.54) is 0 Å². The highest BCUT2D eigenvalue weighted by molar-refractivity contribution is 5.94. The lowest BCUT2D eigenvalue weighted by atomic mass is 9.67. The van der Waals surface area contributed by atoms with Crippen LogP contribution in [-0.4, -0.2) is 0 Å². The van der Waals surface area contributed by atoms with Crippen molar-refractivity contribution in [3.05, 3.63) is 269 Å². The lowest BCUT2D eigenvalue weighted by molar-refractivity contribution is 0.714. The van der Waals surface area contributed by atoms with Crippen LogP contribution in [0.2, 0.25) is 0 Å². The van der Waals surface area contributed by atoms with Crippen LogP contribution in [-0.2, 0) is 10.8 Å². The fraction of sp³-hybridized carbons (Fsp3) is 0.0526. The SMILES string of the molecule is [2H]c1c([2H])c([2H])c(-c2c([2H])c([2H])c([2H])c([2H])c2N(c2ccc3c(c2)C(C)(c2ccccc2)c2ccccc2-3)c2ccc3c(c2)C(c2ccccc2)(c2ccccc2)c2ccccc2-3)c([2H])c1[2H]. The molecule has 1 atom stereocenters. The van der Waals surface area contributed by atoms with Gasteiger partial charge in [0.2, 0.25) is 0 Å². The first-order valence-corrected chi connectivity index (χ1v) is 19.5. The van der Waals surface area contributed by atoms with Crippen molar-refractivity contribution in [3.8, 4) is 33.4 Å². The van der Waals surface area contributed by atoms with E-state index < -0.39 is 65.2 Å². The standard InChI is InChI=1S/C57H41N/c1-56(41-22-8-3-9-23-41)51-31-17-14-29-47(51)49-36-34-44(38-53(49)56)58(55-33-19-16-28-46(55)40-20-6-2-7-21-40)45-35-37-50-48-30-15-18-32-52(48)57(54(50)39-45,42-24-10-4-11-25-42)43-26-12-5-13-27-43/h2-39H,1H3/i2D,6D,7D,16D,19D,20D,21D,28D,33D. The van der Waals surface area contributed by atoms with Crippen LogP contribution in [0.15, 0.2) is 230 Å². The third-order valence-electron chi connectivity index (χ3n) is 12.2. The maximum Gasteiger partial charge on any atom is 0.0714 e. The van der Waals surface area contributed by atoms with Crippen molar-refractivity contribution in [3.63, 3.8) is 0 Å². The van der Waals surface area contributed by atoms with Crippen molar-refractivity contribution < 1.29 is 12.3 Å². The van der Waals surface area contributed by atoms with Crippen molar-refractivity contribution in [2.45, 2.75) is 17.8 Å². The van der Waals surface area contributed by atoms with Gasteiger partial charge in [-0.1, -0.05) is 200 Å². The van der Waals surface area contributed by atoms with Gasteiger partial charge in [-0.15, -0.1) is 0 Å². The molecule has 0 aliphatic heterocycles. The first-order chi connectivity index (χ1) is 32.4. The van der Waals surface area contributed by atoms with Crippen LogP contribution in [0.25, 0.3) is 33.4 Å². The number of anilines is 3. The topological polar surface area (TPSA) is 3.24 Å². The summed E-state index contributed by atoms with van der Waals surface area (Å²) in [5.41, 5.74) is 10.4. The summed E-state index contributed by atoms with van der Waals surface area (Å²) in [4.78, 5) is 1.80. The molecule has 0 saturated carbocycles. The minimum absolute atomic E-state index is 0.0538. The molecule has 2 aliphatic carbocycles. The molecule has 0 aromatic heterocycles. The fourth-order valence-corrected chi connectivity index (χ4v) is 9.71. The van der Waals surface area contributed by atoms with E-state index in [1.807, 2.05) is 84.9 Å². The van der Waals surface area contributed by atoms with E-state index >= 15 is 0 Å². The van der Waals surface area contributed by atoms with Gasteiger partial charge in [-0.05, 0) is 104 Å². The number of nitrogens with zero attached hydrogens (tertiary/aromatic N) is 1. The second-order valence-electron chi connectivity index (χ2n) is 15.1. The molecule has 0 heterocycles. The molecule has 11 rings (SSSR count). The number of fused-ring (bicyclic) bond motifs is 6. The molecule has 0 spiro atoms. The highest BCUT2D eigenvalue weighted by atomic mass is 15.1. The Morgan fingerprint density at radius 3 is 1.48 bits per heavy atom. The van der Waals surface area contributed by atoms with Crippen molar-refractivity contribution in [2.24, 2.45) is 0 Å². The maximum absolute atomic E-state index is 9.83. The van der Waals surface area contributed by atoms with Crippen LogP contribution in [0, 0.1) is 0 Å². The lowest BCUT2D eigenvalue weighted by Gasteiger charge is -2.35. The van der Waals surface area contributed by atoms with Crippen molar-refractivity contribution >= 4 is 17.1 Å². The predicted octanol–water partition coefficient (Wildman–Crippen LogP) is 14.5. The zero-order chi connectivity index (χ0) is 46.5. The van der Waals surface area contributed by atoms with Gasteiger partial charge in [0.1, 0.15) is 0 Å². The summed E-state index contributed by atoms with van der Waals surface area (Å²) in [6.45, 7) is 2.20. The number of hydrogen-bond donors (Lipinski definition) is 0. The minimum Gasteiger partial charge on any atom is -0.310 e. The maximum atomic E-state index is 9.83. The number of rotatable bonds is 7. The lowest BCUT2D eigenvalue weighted by Crippen LogP contribution is -2.28. The Balaban J connectivity index is 1.28. The second kappa shape index (κ2) is 13.5. The zero-order valence-electron chi connectivity index (χ0n) is 40.7. The predicted molar refractivity (Wildman–Crippen MR) is 241 cm³/mol. The second-order valence-corrected chi connectivity index (χ2v) is 15.1. The Kier molecular flexibility index (Phi) is 6.00. The van der Waals surface area contributed by atoms with E-state index in [0.29, 0.717) is 11.4 Å². The summed E-state index contributed by atoms with van der Waals surface area (Å²) in [6, 6.07) is 54.8. The molecule has 9 aromatic rings. The quantitative estimate of drug-likeness (QED) is 0.157. The van der Waals surface area contributed by atoms with Crippen molar-refractivity contribution in [1.29, 1.82) is 0 Å². The molecule has 274 valence electrons. The molecular formula is C57H41N. The van der Waals surface area contributed by atoms with Gasteiger partial charge in [-0.25, -0.2) is 0 Å². The summed E-state index contributed by atoms with van der Waals surface area (Å²) in [6.07, 6.45) is 0. The van der Waals surface area contributed by atoms with E-state index in [2.05, 4.69) is 97.9 Å².